The van der Waals surface area contributed by atoms with Crippen molar-refractivity contribution in [1.82, 2.24) is 4.90 Å². The van der Waals surface area contributed by atoms with Crippen molar-refractivity contribution in [3.05, 3.63) is 23.8 Å². The van der Waals surface area contributed by atoms with E-state index in [4.69, 9.17) is 31.8 Å². The van der Waals surface area contributed by atoms with Crippen LogP contribution in [-0.4, -0.2) is 37.1 Å². The summed E-state index contributed by atoms with van der Waals surface area (Å²) in [7, 11) is 4.96. The fourth-order valence-corrected chi connectivity index (χ4v) is 1.95. The highest BCUT2D eigenvalue weighted by Crippen LogP contribution is 2.35. The van der Waals surface area contributed by atoms with Gasteiger partial charge in [0.05, 0.1) is 19.8 Å². The van der Waals surface area contributed by atoms with Crippen LogP contribution in [0.3, 0.4) is 0 Å². The maximum absolute atomic E-state index is 7.60. The molecule has 1 heterocycles. The Labute approximate surface area is 111 Å². The van der Waals surface area contributed by atoms with Gasteiger partial charge in [0.25, 0.3) is 0 Å². The SMILES string of the molecule is COc1ccc(C2OC(=N)C(=S)N2C)c(OC)c1. The molecule has 0 bridgehead atoms. The van der Waals surface area contributed by atoms with Gasteiger partial charge in [-0.2, -0.15) is 0 Å². The number of thiocarbonyl (C=S) groups is 1. The van der Waals surface area contributed by atoms with Gasteiger partial charge in [0, 0.05) is 13.1 Å². The second-order valence-electron chi connectivity index (χ2n) is 3.82. The molecule has 0 amide bonds. The summed E-state index contributed by atoms with van der Waals surface area (Å²) in [6.07, 6.45) is -0.425. The number of ether oxygens (including phenoxy) is 3. The van der Waals surface area contributed by atoms with E-state index in [1.165, 1.54) is 0 Å². The van der Waals surface area contributed by atoms with Crippen LogP contribution >= 0.6 is 12.2 Å². The summed E-state index contributed by atoms with van der Waals surface area (Å²) in [4.78, 5) is 2.11. The van der Waals surface area contributed by atoms with Crippen LogP contribution in [0.2, 0.25) is 0 Å². The molecule has 1 aliphatic rings. The average molecular weight is 266 g/mol. The highest BCUT2D eigenvalue weighted by atomic mass is 32.1. The number of rotatable bonds is 3. The fraction of sp³-hybridized carbons (Fsp3) is 0.333. The van der Waals surface area contributed by atoms with Gasteiger partial charge in [0.15, 0.2) is 4.99 Å². The summed E-state index contributed by atoms with van der Waals surface area (Å²) in [5, 5.41) is 7.60. The maximum Gasteiger partial charge on any atom is 0.244 e. The lowest BCUT2D eigenvalue weighted by molar-refractivity contribution is 0.113. The third-order valence-corrected chi connectivity index (χ3v) is 3.28. The number of likely N-dealkylation sites (N-methyl/N-ethyl adjacent to an activating group) is 1. The molecule has 18 heavy (non-hydrogen) atoms. The minimum Gasteiger partial charge on any atom is -0.497 e. The van der Waals surface area contributed by atoms with Gasteiger partial charge in [-0.25, -0.2) is 0 Å². The Morgan fingerprint density at radius 1 is 1.33 bits per heavy atom. The van der Waals surface area contributed by atoms with Crippen LogP contribution in [0.15, 0.2) is 18.2 Å². The zero-order valence-electron chi connectivity index (χ0n) is 10.4. The molecule has 1 aromatic rings. The fourth-order valence-electron chi connectivity index (χ4n) is 1.80. The molecule has 1 aromatic carbocycles. The molecule has 1 atom stereocenters. The minimum absolute atomic E-state index is 0.00960. The molecule has 1 unspecified atom stereocenters. The first-order valence-corrected chi connectivity index (χ1v) is 5.73. The Morgan fingerprint density at radius 3 is 2.56 bits per heavy atom. The lowest BCUT2D eigenvalue weighted by Gasteiger charge is -2.21. The number of benzene rings is 1. The smallest absolute Gasteiger partial charge is 0.244 e. The molecular formula is C12H14N2O3S. The van der Waals surface area contributed by atoms with Gasteiger partial charge in [0.2, 0.25) is 12.1 Å². The highest BCUT2D eigenvalue weighted by molar-refractivity contribution is 7.82. The Hall–Kier alpha value is -1.82. The van der Waals surface area contributed by atoms with Gasteiger partial charge in [0.1, 0.15) is 11.5 Å². The van der Waals surface area contributed by atoms with E-state index < -0.39 is 6.23 Å². The molecule has 0 aromatic heterocycles. The van der Waals surface area contributed by atoms with E-state index >= 15 is 0 Å². The molecule has 6 heteroatoms. The van der Waals surface area contributed by atoms with Crippen LogP contribution < -0.4 is 9.47 Å². The van der Waals surface area contributed by atoms with Crippen LogP contribution in [0.4, 0.5) is 0 Å². The summed E-state index contributed by atoms with van der Waals surface area (Å²) in [6, 6.07) is 5.44. The van der Waals surface area contributed by atoms with E-state index in [1.54, 1.807) is 32.2 Å². The maximum atomic E-state index is 7.60. The largest absolute Gasteiger partial charge is 0.497 e. The van der Waals surface area contributed by atoms with Crippen molar-refractivity contribution < 1.29 is 14.2 Å². The van der Waals surface area contributed by atoms with Gasteiger partial charge in [-0.05, 0) is 12.1 Å². The van der Waals surface area contributed by atoms with E-state index in [9.17, 15) is 0 Å². The Morgan fingerprint density at radius 2 is 2.06 bits per heavy atom. The average Bonchev–Trinajstić information content (AvgIpc) is 2.65. The predicted octanol–water partition coefficient (Wildman–Crippen LogP) is 1.97. The lowest BCUT2D eigenvalue weighted by atomic mass is 10.1. The number of hydrogen-bond acceptors (Lipinski definition) is 5. The van der Waals surface area contributed by atoms with Crippen LogP contribution in [0.5, 0.6) is 11.5 Å². The van der Waals surface area contributed by atoms with Crippen molar-refractivity contribution in [2.75, 3.05) is 21.3 Å². The molecule has 0 aliphatic carbocycles. The Kier molecular flexibility index (Phi) is 3.38. The summed E-state index contributed by atoms with van der Waals surface area (Å²) in [5.74, 6) is 1.35. The number of hydrogen-bond donors (Lipinski definition) is 1. The zero-order chi connectivity index (χ0) is 13.3. The van der Waals surface area contributed by atoms with Gasteiger partial charge >= 0.3 is 0 Å². The van der Waals surface area contributed by atoms with Crippen LogP contribution in [0.1, 0.15) is 11.8 Å². The van der Waals surface area contributed by atoms with Crippen LogP contribution in [0.25, 0.3) is 0 Å². The number of nitrogens with zero attached hydrogens (tertiary/aromatic N) is 1. The lowest BCUT2D eigenvalue weighted by Crippen LogP contribution is -2.23. The van der Waals surface area contributed by atoms with E-state index in [-0.39, 0.29) is 5.90 Å². The third kappa shape index (κ3) is 1.99. The summed E-state index contributed by atoms with van der Waals surface area (Å²) >= 11 is 5.08. The summed E-state index contributed by atoms with van der Waals surface area (Å²) in [6.45, 7) is 0. The first kappa shape index (κ1) is 12.6. The predicted molar refractivity (Wildman–Crippen MR) is 71.5 cm³/mol. The van der Waals surface area contributed by atoms with Crippen LogP contribution in [0, 0.1) is 5.41 Å². The number of methoxy groups -OCH3 is 2. The van der Waals surface area contributed by atoms with Crippen molar-refractivity contribution in [2.24, 2.45) is 0 Å². The molecule has 5 nitrogen and oxygen atoms in total. The molecule has 96 valence electrons. The van der Waals surface area contributed by atoms with Crippen molar-refractivity contribution >= 4 is 23.1 Å². The quantitative estimate of drug-likeness (QED) is 0.848. The van der Waals surface area contributed by atoms with Gasteiger partial charge in [-0.15, -0.1) is 0 Å². The molecule has 1 fully saturated rings. The molecule has 1 N–H and O–H groups in total. The van der Waals surface area contributed by atoms with E-state index in [0.29, 0.717) is 16.5 Å². The normalized spacial score (nSPS) is 18.8. The molecule has 1 aliphatic heterocycles. The summed E-state index contributed by atoms with van der Waals surface area (Å²) in [5.41, 5.74) is 0.811. The van der Waals surface area contributed by atoms with Gasteiger partial charge < -0.3 is 19.1 Å². The zero-order valence-corrected chi connectivity index (χ0v) is 11.2. The topological polar surface area (TPSA) is 54.8 Å². The highest BCUT2D eigenvalue weighted by Gasteiger charge is 2.34. The molecule has 0 saturated carbocycles. The monoisotopic (exact) mass is 266 g/mol. The summed E-state index contributed by atoms with van der Waals surface area (Å²) < 4.78 is 15.9. The van der Waals surface area contributed by atoms with Crippen molar-refractivity contribution in [2.45, 2.75) is 6.23 Å². The minimum atomic E-state index is -0.425. The second kappa shape index (κ2) is 4.81. The molecule has 2 rings (SSSR count). The molecular weight excluding hydrogens is 252 g/mol. The third-order valence-electron chi connectivity index (χ3n) is 2.80. The standard InChI is InChI=1S/C12H14N2O3S/c1-14-11(17-10(13)12(14)18)8-5-4-7(15-2)6-9(8)16-3/h4-6,11,13H,1-3H3. The van der Waals surface area contributed by atoms with Crippen molar-refractivity contribution in [3.63, 3.8) is 0 Å². The molecule has 0 radical (unpaired) electrons. The van der Waals surface area contributed by atoms with E-state index in [1.807, 2.05) is 12.1 Å². The van der Waals surface area contributed by atoms with Gasteiger partial charge in [-0.3, -0.25) is 5.41 Å². The Bertz CT molecular complexity index is 504. The van der Waals surface area contributed by atoms with E-state index in [2.05, 4.69) is 0 Å². The first-order valence-electron chi connectivity index (χ1n) is 5.32. The molecule has 1 saturated heterocycles. The molecule has 0 spiro atoms. The van der Waals surface area contributed by atoms with Crippen molar-refractivity contribution in [1.29, 1.82) is 5.41 Å². The number of nitrogens with one attached hydrogen (secondary N) is 1. The van der Waals surface area contributed by atoms with Crippen molar-refractivity contribution in [3.8, 4) is 11.5 Å². The first-order chi connectivity index (χ1) is 8.58. The van der Waals surface area contributed by atoms with Crippen LogP contribution in [-0.2, 0) is 4.74 Å². The van der Waals surface area contributed by atoms with Gasteiger partial charge in [-0.1, -0.05) is 12.2 Å². The Balaban J connectivity index is 2.39. The second-order valence-corrected chi connectivity index (χ2v) is 4.21. The van der Waals surface area contributed by atoms with E-state index in [0.717, 1.165) is 5.56 Å².